The van der Waals surface area contributed by atoms with Crippen LogP contribution in [-0.2, 0) is 13.5 Å². The van der Waals surface area contributed by atoms with Crippen LogP contribution >= 0.6 is 0 Å². The van der Waals surface area contributed by atoms with E-state index >= 15 is 0 Å². The first kappa shape index (κ1) is 13.4. The number of para-hydroxylation sites is 1. The minimum atomic E-state index is 0.891. The monoisotopic (exact) mass is 313 g/mol. The van der Waals surface area contributed by atoms with E-state index < -0.39 is 0 Å². The maximum absolute atomic E-state index is 4.54. The third-order valence-electron chi connectivity index (χ3n) is 4.89. The first-order valence-electron chi connectivity index (χ1n) is 8.12. The largest absolute Gasteiger partial charge is 0.303 e. The second kappa shape index (κ2) is 4.74. The quantitative estimate of drug-likeness (QED) is 0.446. The Hall–Kier alpha value is -3.01. The van der Waals surface area contributed by atoms with Gasteiger partial charge in [-0.3, -0.25) is 0 Å². The van der Waals surface area contributed by atoms with Gasteiger partial charge in [-0.2, -0.15) is 0 Å². The van der Waals surface area contributed by atoms with E-state index in [1.165, 1.54) is 33.5 Å². The average Bonchev–Trinajstić information content (AvgIpc) is 3.16. The molecule has 0 spiro atoms. The molecule has 0 bridgehead atoms. The van der Waals surface area contributed by atoms with Crippen LogP contribution in [0.3, 0.4) is 0 Å². The third-order valence-corrected chi connectivity index (χ3v) is 4.89. The van der Waals surface area contributed by atoms with Gasteiger partial charge in [-0.15, -0.1) is 0 Å². The standard InChI is InChI=1S/C20H17N4/c1-13-9-18-14(11-19-21-7-8-24(18)19)10-16(13)20-15-5-3-4-6-17(15)22-12-23(20)2/h3-10,12H,11H2,1-2H3/q+1. The van der Waals surface area contributed by atoms with Crippen LogP contribution in [0.2, 0.25) is 0 Å². The van der Waals surface area contributed by atoms with Crippen LogP contribution in [-0.4, -0.2) is 14.5 Å². The maximum Gasteiger partial charge on any atom is 0.287 e. The van der Waals surface area contributed by atoms with Crippen LogP contribution in [0.5, 0.6) is 0 Å². The molecule has 1 aliphatic rings. The van der Waals surface area contributed by atoms with Gasteiger partial charge in [0.25, 0.3) is 6.33 Å². The van der Waals surface area contributed by atoms with Crippen molar-refractivity contribution < 1.29 is 4.57 Å². The molecule has 4 nitrogen and oxygen atoms in total. The number of aromatic nitrogens is 4. The van der Waals surface area contributed by atoms with E-state index in [9.17, 15) is 0 Å². The molecule has 0 aliphatic carbocycles. The minimum absolute atomic E-state index is 0.891. The summed E-state index contributed by atoms with van der Waals surface area (Å²) in [5.74, 6) is 1.12. The highest BCUT2D eigenvalue weighted by molar-refractivity contribution is 5.91. The average molecular weight is 313 g/mol. The molecular formula is C20H17N4+. The molecule has 0 atom stereocenters. The molecule has 116 valence electrons. The van der Waals surface area contributed by atoms with Crippen LogP contribution in [0.15, 0.2) is 55.1 Å². The van der Waals surface area contributed by atoms with E-state index in [1.807, 2.05) is 24.8 Å². The van der Waals surface area contributed by atoms with Crippen molar-refractivity contribution in [3.63, 3.8) is 0 Å². The third kappa shape index (κ3) is 1.77. The molecular weight excluding hydrogens is 296 g/mol. The summed E-state index contributed by atoms with van der Waals surface area (Å²) in [4.78, 5) is 9.00. The summed E-state index contributed by atoms with van der Waals surface area (Å²) in [7, 11) is 2.06. The first-order chi connectivity index (χ1) is 11.7. The number of hydrogen-bond acceptors (Lipinski definition) is 2. The Labute approximate surface area is 140 Å². The van der Waals surface area contributed by atoms with E-state index in [0.717, 1.165) is 17.8 Å². The van der Waals surface area contributed by atoms with Crippen LogP contribution in [0.25, 0.3) is 27.8 Å². The fraction of sp³-hybridized carbons (Fsp3) is 0.150. The predicted molar refractivity (Wildman–Crippen MR) is 93.0 cm³/mol. The highest BCUT2D eigenvalue weighted by Crippen LogP contribution is 2.34. The molecule has 24 heavy (non-hydrogen) atoms. The Morgan fingerprint density at radius 1 is 1.12 bits per heavy atom. The van der Waals surface area contributed by atoms with Crippen molar-refractivity contribution >= 4 is 10.9 Å². The van der Waals surface area contributed by atoms with Gasteiger partial charge in [-0.25, -0.2) is 9.55 Å². The molecule has 0 unspecified atom stereocenters. The molecule has 2 aromatic carbocycles. The lowest BCUT2D eigenvalue weighted by Gasteiger charge is -2.11. The van der Waals surface area contributed by atoms with E-state index in [2.05, 4.69) is 63.4 Å². The zero-order valence-corrected chi connectivity index (χ0v) is 13.7. The Morgan fingerprint density at radius 2 is 2.00 bits per heavy atom. The summed E-state index contributed by atoms with van der Waals surface area (Å²) in [5.41, 5.74) is 7.36. The highest BCUT2D eigenvalue weighted by Gasteiger charge is 2.23. The molecule has 0 saturated carbocycles. The molecule has 1 aliphatic heterocycles. The smallest absolute Gasteiger partial charge is 0.287 e. The van der Waals surface area contributed by atoms with Crippen LogP contribution in [0, 0.1) is 6.92 Å². The van der Waals surface area contributed by atoms with Gasteiger partial charge >= 0.3 is 0 Å². The van der Waals surface area contributed by atoms with Crippen molar-refractivity contribution in [2.24, 2.45) is 7.05 Å². The summed E-state index contributed by atoms with van der Waals surface area (Å²) < 4.78 is 4.31. The zero-order valence-electron chi connectivity index (χ0n) is 13.7. The summed E-state index contributed by atoms with van der Waals surface area (Å²) in [6.07, 6.45) is 6.71. The van der Waals surface area contributed by atoms with Gasteiger partial charge in [0.05, 0.1) is 18.1 Å². The van der Waals surface area contributed by atoms with Gasteiger partial charge in [0.1, 0.15) is 11.5 Å². The van der Waals surface area contributed by atoms with Gasteiger partial charge in [0.2, 0.25) is 0 Å². The van der Waals surface area contributed by atoms with E-state index in [0.29, 0.717) is 0 Å². The second-order valence-electron chi connectivity index (χ2n) is 6.41. The number of nitrogens with zero attached hydrogens (tertiary/aromatic N) is 4. The van der Waals surface area contributed by atoms with Crippen LogP contribution in [0.1, 0.15) is 17.0 Å². The summed E-state index contributed by atoms with van der Waals surface area (Å²) in [6, 6.07) is 12.9. The number of fused-ring (bicyclic) bond motifs is 4. The van der Waals surface area contributed by atoms with E-state index in [4.69, 9.17) is 0 Å². The van der Waals surface area contributed by atoms with Gasteiger partial charge in [0, 0.05) is 24.4 Å². The van der Waals surface area contributed by atoms with Gasteiger partial charge in [-0.05, 0) is 47.3 Å². The number of hydrogen-bond donors (Lipinski definition) is 0. The van der Waals surface area contributed by atoms with Crippen LogP contribution in [0.4, 0.5) is 0 Å². The Bertz CT molecular complexity index is 1110. The van der Waals surface area contributed by atoms with Crippen molar-refractivity contribution in [2.75, 3.05) is 0 Å². The lowest BCUT2D eigenvalue weighted by atomic mass is 9.97. The van der Waals surface area contributed by atoms with Crippen molar-refractivity contribution in [1.82, 2.24) is 14.5 Å². The summed E-state index contributed by atoms with van der Waals surface area (Å²) in [5, 5.41) is 1.18. The molecule has 2 aromatic heterocycles. The van der Waals surface area contributed by atoms with Gasteiger partial charge < -0.3 is 4.57 Å². The molecule has 5 rings (SSSR count). The maximum atomic E-state index is 4.54. The summed E-state index contributed by atoms with van der Waals surface area (Å²) in [6.45, 7) is 2.18. The van der Waals surface area contributed by atoms with Crippen LogP contribution < -0.4 is 4.57 Å². The zero-order chi connectivity index (χ0) is 16.3. The predicted octanol–water partition coefficient (Wildman–Crippen LogP) is 3.12. The minimum Gasteiger partial charge on any atom is -0.303 e. The lowest BCUT2D eigenvalue weighted by Crippen LogP contribution is -2.31. The fourth-order valence-corrected chi connectivity index (χ4v) is 3.73. The van der Waals surface area contributed by atoms with Gasteiger partial charge in [-0.1, -0.05) is 12.1 Å². The first-order valence-corrected chi connectivity index (χ1v) is 8.12. The number of benzene rings is 2. The van der Waals surface area contributed by atoms with Crippen molar-refractivity contribution in [2.45, 2.75) is 13.3 Å². The number of imidazole rings is 1. The molecule has 4 aromatic rings. The fourth-order valence-electron chi connectivity index (χ4n) is 3.73. The van der Waals surface area contributed by atoms with Crippen molar-refractivity contribution in [1.29, 1.82) is 0 Å². The van der Waals surface area contributed by atoms with E-state index in [-0.39, 0.29) is 0 Å². The van der Waals surface area contributed by atoms with Crippen molar-refractivity contribution in [3.8, 4) is 16.9 Å². The molecule has 0 N–H and O–H groups in total. The molecule has 0 amide bonds. The SMILES string of the molecule is Cc1cc2c(cc1-c1c3ccccc3nc[n+]1C)Cc1nccn1-2. The Kier molecular flexibility index (Phi) is 2.65. The molecule has 0 fully saturated rings. The van der Waals surface area contributed by atoms with Gasteiger partial charge in [0.15, 0.2) is 5.52 Å². The molecule has 0 saturated heterocycles. The number of aryl methyl sites for hydroxylation is 2. The molecule has 0 radical (unpaired) electrons. The Balaban J connectivity index is 1.80. The highest BCUT2D eigenvalue weighted by atomic mass is 15.1. The lowest BCUT2D eigenvalue weighted by molar-refractivity contribution is -0.662. The Morgan fingerprint density at radius 3 is 2.92 bits per heavy atom. The topological polar surface area (TPSA) is 34.6 Å². The normalized spacial score (nSPS) is 12.4. The summed E-state index contributed by atoms with van der Waals surface area (Å²) >= 11 is 0. The van der Waals surface area contributed by atoms with E-state index in [1.54, 1.807) is 0 Å². The molecule has 3 heterocycles. The van der Waals surface area contributed by atoms with Crippen molar-refractivity contribution in [3.05, 3.63) is 72.1 Å². The molecule has 4 heteroatoms. The second-order valence-corrected chi connectivity index (χ2v) is 6.41. The number of rotatable bonds is 1.